The van der Waals surface area contributed by atoms with Crippen LogP contribution < -0.4 is 0 Å². The standard InChI is InChI=1S/C27H26O/c28-27(24-14-8-3-9-15-24)18-22-16-25(20-10-4-1-5-11-20)26(17-23(22)19-27)21-12-6-2-7-13-21/h1-15,22-23,28H,16-19H2/t22-,23+,27?. The van der Waals surface area contributed by atoms with Crippen molar-refractivity contribution in [1.29, 1.82) is 0 Å². The maximum atomic E-state index is 11.5. The lowest BCUT2D eigenvalue weighted by atomic mass is 9.74. The maximum Gasteiger partial charge on any atom is 0.0902 e. The average Bonchev–Trinajstić information content (AvgIpc) is 3.11. The quantitative estimate of drug-likeness (QED) is 0.576. The number of allylic oxidation sites excluding steroid dienone is 2. The van der Waals surface area contributed by atoms with Crippen LogP contribution in [0.15, 0.2) is 91.0 Å². The van der Waals surface area contributed by atoms with Crippen LogP contribution in [0.5, 0.6) is 0 Å². The highest BCUT2D eigenvalue weighted by Gasteiger charge is 2.47. The van der Waals surface area contributed by atoms with Crippen LogP contribution in [0.25, 0.3) is 11.1 Å². The molecule has 0 aliphatic heterocycles. The molecule has 1 fully saturated rings. The Hall–Kier alpha value is -2.64. The zero-order valence-corrected chi connectivity index (χ0v) is 16.1. The lowest BCUT2D eigenvalue weighted by Crippen LogP contribution is -2.21. The second-order valence-corrected chi connectivity index (χ2v) is 8.42. The summed E-state index contributed by atoms with van der Waals surface area (Å²) in [6.07, 6.45) is 3.82. The smallest absolute Gasteiger partial charge is 0.0902 e. The molecule has 1 saturated carbocycles. The van der Waals surface area contributed by atoms with Crippen LogP contribution in [-0.4, -0.2) is 5.11 Å². The Morgan fingerprint density at radius 2 is 0.964 bits per heavy atom. The molecule has 0 saturated heterocycles. The van der Waals surface area contributed by atoms with Gasteiger partial charge in [-0.15, -0.1) is 0 Å². The molecule has 0 radical (unpaired) electrons. The van der Waals surface area contributed by atoms with E-state index in [1.54, 1.807) is 0 Å². The van der Waals surface area contributed by atoms with Crippen LogP contribution in [0, 0.1) is 11.8 Å². The van der Waals surface area contributed by atoms with Gasteiger partial charge in [0.05, 0.1) is 5.60 Å². The van der Waals surface area contributed by atoms with Crippen molar-refractivity contribution in [2.24, 2.45) is 11.8 Å². The largest absolute Gasteiger partial charge is 0.385 e. The van der Waals surface area contributed by atoms with E-state index in [1.807, 2.05) is 18.2 Å². The zero-order chi connectivity index (χ0) is 19.0. The third kappa shape index (κ3) is 3.10. The van der Waals surface area contributed by atoms with Crippen molar-refractivity contribution in [3.63, 3.8) is 0 Å². The number of hydrogen-bond donors (Lipinski definition) is 1. The molecular weight excluding hydrogens is 340 g/mol. The van der Waals surface area contributed by atoms with Crippen LogP contribution in [0.3, 0.4) is 0 Å². The fourth-order valence-electron chi connectivity index (χ4n) is 5.38. The SMILES string of the molecule is OC1(c2ccccc2)C[C@H]2CC(c3ccccc3)=C(c3ccccc3)C[C@H]2C1. The van der Waals surface area contributed by atoms with Crippen molar-refractivity contribution in [2.45, 2.75) is 31.3 Å². The Morgan fingerprint density at radius 3 is 1.39 bits per heavy atom. The summed E-state index contributed by atoms with van der Waals surface area (Å²) < 4.78 is 0. The molecule has 2 aliphatic rings. The Balaban J connectivity index is 1.53. The molecule has 1 nitrogen and oxygen atoms in total. The van der Waals surface area contributed by atoms with Crippen LogP contribution in [-0.2, 0) is 5.60 Å². The van der Waals surface area contributed by atoms with Gasteiger partial charge in [-0.2, -0.15) is 0 Å². The molecule has 5 rings (SSSR count). The van der Waals surface area contributed by atoms with Gasteiger partial charge < -0.3 is 5.11 Å². The van der Waals surface area contributed by atoms with E-state index in [2.05, 4.69) is 72.8 Å². The number of rotatable bonds is 3. The molecule has 28 heavy (non-hydrogen) atoms. The molecule has 3 aromatic carbocycles. The van der Waals surface area contributed by atoms with Crippen LogP contribution in [0.4, 0.5) is 0 Å². The number of hydrogen-bond acceptors (Lipinski definition) is 1. The first-order valence-corrected chi connectivity index (χ1v) is 10.3. The molecule has 0 aromatic heterocycles. The second kappa shape index (κ2) is 7.07. The Labute approximate surface area is 167 Å². The summed E-state index contributed by atoms with van der Waals surface area (Å²) in [6, 6.07) is 31.9. The Bertz CT molecular complexity index is 913. The Morgan fingerprint density at radius 1 is 0.571 bits per heavy atom. The summed E-state index contributed by atoms with van der Waals surface area (Å²) in [6.45, 7) is 0. The van der Waals surface area contributed by atoms with Crippen LogP contribution >= 0.6 is 0 Å². The Kier molecular flexibility index (Phi) is 4.41. The predicted octanol–water partition coefficient (Wildman–Crippen LogP) is 6.31. The molecule has 1 unspecified atom stereocenters. The first kappa shape index (κ1) is 17.5. The van der Waals surface area contributed by atoms with Crippen molar-refractivity contribution < 1.29 is 5.11 Å². The van der Waals surface area contributed by atoms with Gasteiger partial charge in [0, 0.05) is 0 Å². The molecule has 1 heteroatoms. The molecule has 0 heterocycles. The molecule has 0 spiro atoms. The van der Waals surface area contributed by atoms with Crippen molar-refractivity contribution in [1.82, 2.24) is 0 Å². The van der Waals surface area contributed by atoms with E-state index in [1.165, 1.54) is 22.3 Å². The first-order chi connectivity index (χ1) is 13.7. The molecule has 0 amide bonds. The molecule has 2 aliphatic carbocycles. The highest BCUT2D eigenvalue weighted by Crippen LogP contribution is 2.55. The molecule has 3 atom stereocenters. The second-order valence-electron chi connectivity index (χ2n) is 8.42. The normalized spacial score (nSPS) is 26.9. The van der Waals surface area contributed by atoms with E-state index in [0.717, 1.165) is 31.2 Å². The third-order valence-electron chi connectivity index (χ3n) is 6.72. The highest BCUT2D eigenvalue weighted by atomic mass is 16.3. The molecule has 140 valence electrons. The van der Waals surface area contributed by atoms with Gasteiger partial charge in [-0.3, -0.25) is 0 Å². The molecular formula is C27H26O. The van der Waals surface area contributed by atoms with E-state index < -0.39 is 5.60 Å². The minimum Gasteiger partial charge on any atom is -0.385 e. The van der Waals surface area contributed by atoms with Gasteiger partial charge in [0.25, 0.3) is 0 Å². The van der Waals surface area contributed by atoms with Gasteiger partial charge >= 0.3 is 0 Å². The lowest BCUT2D eigenvalue weighted by Gasteiger charge is -2.30. The maximum absolute atomic E-state index is 11.5. The summed E-state index contributed by atoms with van der Waals surface area (Å²) in [5.74, 6) is 1.07. The topological polar surface area (TPSA) is 20.2 Å². The first-order valence-electron chi connectivity index (χ1n) is 10.3. The minimum absolute atomic E-state index is 0.535. The predicted molar refractivity (Wildman–Crippen MR) is 115 cm³/mol. The van der Waals surface area contributed by atoms with Gasteiger partial charge in [-0.05, 0) is 65.4 Å². The molecule has 0 bridgehead atoms. The highest BCUT2D eigenvalue weighted by molar-refractivity contribution is 5.92. The van der Waals surface area contributed by atoms with Crippen molar-refractivity contribution >= 4 is 11.1 Å². The van der Waals surface area contributed by atoms with E-state index in [0.29, 0.717) is 11.8 Å². The van der Waals surface area contributed by atoms with Crippen LogP contribution in [0.1, 0.15) is 42.4 Å². The van der Waals surface area contributed by atoms with Crippen molar-refractivity contribution in [2.75, 3.05) is 0 Å². The van der Waals surface area contributed by atoms with Gasteiger partial charge in [0.2, 0.25) is 0 Å². The molecule has 3 aromatic rings. The fraction of sp³-hybridized carbons (Fsp3) is 0.259. The fourth-order valence-corrected chi connectivity index (χ4v) is 5.38. The summed E-state index contributed by atoms with van der Waals surface area (Å²) in [5.41, 5.74) is 5.97. The van der Waals surface area contributed by atoms with E-state index in [4.69, 9.17) is 0 Å². The molecule has 1 N–H and O–H groups in total. The zero-order valence-electron chi connectivity index (χ0n) is 16.1. The summed E-state index contributed by atoms with van der Waals surface area (Å²) in [5, 5.41) is 11.5. The van der Waals surface area contributed by atoms with Crippen molar-refractivity contribution in [3.8, 4) is 0 Å². The minimum atomic E-state index is -0.690. The monoisotopic (exact) mass is 366 g/mol. The summed E-state index contributed by atoms with van der Waals surface area (Å²) >= 11 is 0. The lowest BCUT2D eigenvalue weighted by molar-refractivity contribution is 0.0378. The van der Waals surface area contributed by atoms with E-state index >= 15 is 0 Å². The van der Waals surface area contributed by atoms with Gasteiger partial charge in [0.15, 0.2) is 0 Å². The van der Waals surface area contributed by atoms with Gasteiger partial charge in [-0.1, -0.05) is 91.0 Å². The van der Waals surface area contributed by atoms with Gasteiger partial charge in [0.1, 0.15) is 0 Å². The number of fused-ring (bicyclic) bond motifs is 1. The van der Waals surface area contributed by atoms with E-state index in [9.17, 15) is 5.11 Å². The van der Waals surface area contributed by atoms with Crippen molar-refractivity contribution in [3.05, 3.63) is 108 Å². The number of benzene rings is 3. The average molecular weight is 367 g/mol. The third-order valence-corrected chi connectivity index (χ3v) is 6.72. The summed E-state index contributed by atoms with van der Waals surface area (Å²) in [7, 11) is 0. The van der Waals surface area contributed by atoms with Gasteiger partial charge in [-0.25, -0.2) is 0 Å². The number of aliphatic hydroxyl groups is 1. The summed E-state index contributed by atoms with van der Waals surface area (Å²) in [4.78, 5) is 0. The van der Waals surface area contributed by atoms with Crippen LogP contribution in [0.2, 0.25) is 0 Å². The van der Waals surface area contributed by atoms with E-state index in [-0.39, 0.29) is 0 Å².